The topological polar surface area (TPSA) is 74.7 Å². The predicted octanol–water partition coefficient (Wildman–Crippen LogP) is 1.53. The molecule has 1 N–H and O–H groups in total. The number of halogens is 1. The molecular weight excluding hydrogens is 278 g/mol. The summed E-state index contributed by atoms with van der Waals surface area (Å²) < 4.78 is 30.6. The Balaban J connectivity index is 2.23. The molecule has 18 heavy (non-hydrogen) atoms. The number of hydrogen-bond donors (Lipinski definition) is 1. The van der Waals surface area contributed by atoms with Crippen molar-refractivity contribution >= 4 is 33.3 Å². The Bertz CT molecular complexity index is 555. The van der Waals surface area contributed by atoms with E-state index < -0.39 is 10.1 Å². The lowest BCUT2D eigenvalue weighted by Crippen LogP contribution is -2.24. The highest BCUT2D eigenvalue weighted by Gasteiger charge is 2.29. The second-order valence-corrected chi connectivity index (χ2v) is 5.93. The van der Waals surface area contributed by atoms with Gasteiger partial charge in [-0.15, -0.1) is 11.6 Å². The Labute approximate surface area is 110 Å². The Hall–Kier alpha value is -1.11. The molecule has 2 rings (SSSR count). The molecule has 1 unspecified atom stereocenters. The van der Waals surface area contributed by atoms with Gasteiger partial charge in [0.15, 0.2) is 0 Å². The normalized spacial score (nSPS) is 20.4. The van der Waals surface area contributed by atoms with Crippen LogP contribution in [-0.4, -0.2) is 31.3 Å². The molecule has 1 saturated heterocycles. The van der Waals surface area contributed by atoms with E-state index in [1.807, 2.05) is 0 Å². The predicted molar refractivity (Wildman–Crippen MR) is 67.4 cm³/mol. The van der Waals surface area contributed by atoms with Gasteiger partial charge in [-0.25, -0.2) is 0 Å². The number of carbonyl (C=O) groups excluding carboxylic acids is 1. The monoisotopic (exact) mass is 289 g/mol. The van der Waals surface area contributed by atoms with Gasteiger partial charge >= 0.3 is 0 Å². The Kier molecular flexibility index (Phi) is 3.61. The van der Waals surface area contributed by atoms with Crippen LogP contribution >= 0.6 is 11.6 Å². The zero-order valence-corrected chi connectivity index (χ0v) is 11.0. The van der Waals surface area contributed by atoms with Crippen LogP contribution in [0.25, 0.3) is 0 Å². The van der Waals surface area contributed by atoms with Crippen molar-refractivity contribution in [2.24, 2.45) is 5.92 Å². The SMILES string of the molecule is O=C1CC(CCl)CN1c1ccc(S(=O)(=O)O)cc1. The van der Waals surface area contributed by atoms with Gasteiger partial charge in [0, 0.05) is 24.5 Å². The second-order valence-electron chi connectivity index (χ2n) is 4.20. The van der Waals surface area contributed by atoms with Gasteiger partial charge in [0.25, 0.3) is 10.1 Å². The number of rotatable bonds is 3. The maximum absolute atomic E-state index is 11.7. The van der Waals surface area contributed by atoms with Crippen LogP contribution in [0.2, 0.25) is 0 Å². The first-order valence-corrected chi connectivity index (χ1v) is 7.33. The zero-order chi connectivity index (χ0) is 13.3. The Morgan fingerprint density at radius 1 is 1.33 bits per heavy atom. The van der Waals surface area contributed by atoms with E-state index >= 15 is 0 Å². The summed E-state index contributed by atoms with van der Waals surface area (Å²) in [6.07, 6.45) is 0.406. The molecule has 1 aromatic rings. The third-order valence-electron chi connectivity index (χ3n) is 2.87. The molecule has 0 bridgehead atoms. The smallest absolute Gasteiger partial charge is 0.294 e. The molecule has 1 aliphatic rings. The van der Waals surface area contributed by atoms with Crippen LogP contribution in [-0.2, 0) is 14.9 Å². The van der Waals surface area contributed by atoms with Crippen LogP contribution in [0.3, 0.4) is 0 Å². The van der Waals surface area contributed by atoms with Crippen molar-refractivity contribution in [3.05, 3.63) is 24.3 Å². The number of hydrogen-bond acceptors (Lipinski definition) is 3. The average molecular weight is 290 g/mol. The van der Waals surface area contributed by atoms with Gasteiger partial charge in [-0.1, -0.05) is 0 Å². The van der Waals surface area contributed by atoms with Crippen molar-refractivity contribution in [1.82, 2.24) is 0 Å². The van der Waals surface area contributed by atoms with Crippen molar-refractivity contribution in [3.8, 4) is 0 Å². The molecule has 0 aliphatic carbocycles. The standard InChI is InChI=1S/C11H12ClNO4S/c12-6-8-5-11(14)13(7-8)9-1-3-10(4-2-9)18(15,16)17/h1-4,8H,5-7H2,(H,15,16,17). The molecular formula is C11H12ClNO4S. The molecule has 1 atom stereocenters. The first-order chi connectivity index (χ1) is 8.41. The maximum Gasteiger partial charge on any atom is 0.294 e. The molecule has 5 nitrogen and oxygen atoms in total. The molecule has 98 valence electrons. The number of alkyl halides is 1. The average Bonchev–Trinajstić information content (AvgIpc) is 2.70. The van der Waals surface area contributed by atoms with Gasteiger partial charge in [-0.3, -0.25) is 9.35 Å². The van der Waals surface area contributed by atoms with Gasteiger partial charge in [0.2, 0.25) is 5.91 Å². The Morgan fingerprint density at radius 3 is 2.39 bits per heavy atom. The lowest BCUT2D eigenvalue weighted by atomic mass is 10.1. The number of carbonyl (C=O) groups is 1. The van der Waals surface area contributed by atoms with Crippen LogP contribution in [0, 0.1) is 5.92 Å². The first kappa shape index (κ1) is 13.3. The lowest BCUT2D eigenvalue weighted by Gasteiger charge is -2.16. The molecule has 0 radical (unpaired) electrons. The van der Waals surface area contributed by atoms with Crippen LogP contribution < -0.4 is 4.90 Å². The van der Waals surface area contributed by atoms with Gasteiger partial charge in [0.1, 0.15) is 0 Å². The lowest BCUT2D eigenvalue weighted by molar-refractivity contribution is -0.117. The third-order valence-corrected chi connectivity index (χ3v) is 4.17. The fraction of sp³-hybridized carbons (Fsp3) is 0.364. The third kappa shape index (κ3) is 2.66. The number of nitrogens with zero attached hydrogens (tertiary/aromatic N) is 1. The van der Waals surface area contributed by atoms with Gasteiger partial charge in [0.05, 0.1) is 4.90 Å². The molecule has 1 amide bonds. The van der Waals surface area contributed by atoms with E-state index in [9.17, 15) is 13.2 Å². The summed E-state index contributed by atoms with van der Waals surface area (Å²) in [6.45, 7) is 0.535. The van der Waals surface area contributed by atoms with Crippen molar-refractivity contribution < 1.29 is 17.8 Å². The summed E-state index contributed by atoms with van der Waals surface area (Å²) in [5, 5.41) is 0. The first-order valence-electron chi connectivity index (χ1n) is 5.35. The number of amides is 1. The van der Waals surface area contributed by atoms with E-state index in [2.05, 4.69) is 0 Å². The highest BCUT2D eigenvalue weighted by Crippen LogP contribution is 2.26. The van der Waals surface area contributed by atoms with E-state index in [1.165, 1.54) is 24.3 Å². The second kappa shape index (κ2) is 4.87. The van der Waals surface area contributed by atoms with E-state index in [0.29, 0.717) is 24.5 Å². The summed E-state index contributed by atoms with van der Waals surface area (Å²) in [6, 6.07) is 5.53. The summed E-state index contributed by atoms with van der Waals surface area (Å²) >= 11 is 5.72. The van der Waals surface area contributed by atoms with Gasteiger partial charge < -0.3 is 4.90 Å². The molecule has 1 aliphatic heterocycles. The maximum atomic E-state index is 11.7. The van der Waals surface area contributed by atoms with E-state index in [1.54, 1.807) is 4.90 Å². The number of anilines is 1. The summed E-state index contributed by atoms with van der Waals surface area (Å²) in [5.74, 6) is 0.520. The quantitative estimate of drug-likeness (QED) is 0.676. The van der Waals surface area contributed by atoms with E-state index in [-0.39, 0.29) is 16.7 Å². The minimum Gasteiger partial charge on any atom is -0.312 e. The van der Waals surface area contributed by atoms with Crippen molar-refractivity contribution in [3.63, 3.8) is 0 Å². The fourth-order valence-electron chi connectivity index (χ4n) is 1.93. The highest BCUT2D eigenvalue weighted by atomic mass is 35.5. The Morgan fingerprint density at radius 2 is 1.94 bits per heavy atom. The largest absolute Gasteiger partial charge is 0.312 e. The minimum atomic E-state index is -4.20. The molecule has 0 saturated carbocycles. The zero-order valence-electron chi connectivity index (χ0n) is 9.41. The summed E-state index contributed by atoms with van der Waals surface area (Å²) in [7, 11) is -4.20. The van der Waals surface area contributed by atoms with Crippen LogP contribution in [0.15, 0.2) is 29.2 Å². The molecule has 0 spiro atoms. The van der Waals surface area contributed by atoms with Gasteiger partial charge in [-0.2, -0.15) is 8.42 Å². The van der Waals surface area contributed by atoms with Crippen LogP contribution in [0.1, 0.15) is 6.42 Å². The molecule has 7 heteroatoms. The van der Waals surface area contributed by atoms with E-state index in [4.69, 9.17) is 16.2 Å². The minimum absolute atomic E-state index is 0.0275. The van der Waals surface area contributed by atoms with Crippen molar-refractivity contribution in [2.45, 2.75) is 11.3 Å². The summed E-state index contributed by atoms with van der Waals surface area (Å²) in [4.78, 5) is 13.1. The molecule has 1 heterocycles. The van der Waals surface area contributed by atoms with E-state index in [0.717, 1.165) is 0 Å². The molecule has 1 aromatic carbocycles. The van der Waals surface area contributed by atoms with Crippen molar-refractivity contribution in [1.29, 1.82) is 0 Å². The molecule has 1 fully saturated rings. The fourth-order valence-corrected chi connectivity index (χ4v) is 2.62. The van der Waals surface area contributed by atoms with Gasteiger partial charge in [-0.05, 0) is 30.2 Å². The molecule has 0 aromatic heterocycles. The van der Waals surface area contributed by atoms with Crippen molar-refractivity contribution in [2.75, 3.05) is 17.3 Å². The van der Waals surface area contributed by atoms with Crippen LogP contribution in [0.4, 0.5) is 5.69 Å². The number of benzene rings is 1. The summed E-state index contributed by atoms with van der Waals surface area (Å²) in [5.41, 5.74) is 0.611. The van der Waals surface area contributed by atoms with Crippen LogP contribution in [0.5, 0.6) is 0 Å². The highest BCUT2D eigenvalue weighted by molar-refractivity contribution is 7.85.